The van der Waals surface area contributed by atoms with Gasteiger partial charge in [0, 0.05) is 0 Å². The van der Waals surface area contributed by atoms with E-state index in [9.17, 15) is 4.79 Å². The first-order chi connectivity index (χ1) is 6.20. The monoisotopic (exact) mass is 175 g/mol. The van der Waals surface area contributed by atoms with Gasteiger partial charge < -0.3 is 5.11 Å². The van der Waals surface area contributed by atoms with Gasteiger partial charge in [0.2, 0.25) is 0 Å². The highest BCUT2D eigenvalue weighted by molar-refractivity contribution is 5.91. The number of hydrogen-bond acceptors (Lipinski definition) is 2. The summed E-state index contributed by atoms with van der Waals surface area (Å²) >= 11 is 0. The molecule has 0 aromatic heterocycles. The van der Waals surface area contributed by atoms with Gasteiger partial charge in [-0.05, 0) is 18.1 Å². The van der Waals surface area contributed by atoms with Crippen LogP contribution in [0.2, 0.25) is 0 Å². The highest BCUT2D eigenvalue weighted by Gasteiger charge is 2.11. The summed E-state index contributed by atoms with van der Waals surface area (Å²) in [4.78, 5) is 10.7. The van der Waals surface area contributed by atoms with Gasteiger partial charge in [-0.15, -0.1) is 0 Å². The minimum Gasteiger partial charge on any atom is -0.478 e. The Morgan fingerprint density at radius 1 is 1.62 bits per heavy atom. The second-order valence-electron chi connectivity index (χ2n) is 2.61. The fourth-order valence-electron chi connectivity index (χ4n) is 1.21. The molecule has 0 saturated heterocycles. The molecular formula is C10H9NO2. The van der Waals surface area contributed by atoms with Crippen LogP contribution in [-0.4, -0.2) is 11.1 Å². The molecule has 0 bridgehead atoms. The van der Waals surface area contributed by atoms with Crippen molar-refractivity contribution in [3.8, 4) is 6.07 Å². The quantitative estimate of drug-likeness (QED) is 0.745. The summed E-state index contributed by atoms with van der Waals surface area (Å²) in [6, 6.07) is 6.78. The van der Waals surface area contributed by atoms with E-state index in [-0.39, 0.29) is 11.1 Å². The molecule has 1 rings (SSSR count). The maximum absolute atomic E-state index is 10.7. The number of hydrogen-bond donors (Lipinski definition) is 1. The van der Waals surface area contributed by atoms with E-state index in [0.29, 0.717) is 6.42 Å². The molecule has 0 saturated carbocycles. The van der Waals surface area contributed by atoms with Gasteiger partial charge in [-0.25, -0.2) is 4.79 Å². The van der Waals surface area contributed by atoms with E-state index < -0.39 is 5.97 Å². The number of benzene rings is 1. The van der Waals surface area contributed by atoms with Crippen molar-refractivity contribution in [2.24, 2.45) is 0 Å². The van der Waals surface area contributed by atoms with Crippen LogP contribution in [0, 0.1) is 11.3 Å². The van der Waals surface area contributed by atoms with Crippen LogP contribution in [0.3, 0.4) is 0 Å². The van der Waals surface area contributed by atoms with Crippen molar-refractivity contribution in [2.45, 2.75) is 13.3 Å². The van der Waals surface area contributed by atoms with E-state index in [1.807, 2.05) is 13.0 Å². The van der Waals surface area contributed by atoms with Crippen LogP contribution >= 0.6 is 0 Å². The van der Waals surface area contributed by atoms with Gasteiger partial charge in [0.15, 0.2) is 0 Å². The van der Waals surface area contributed by atoms with Gasteiger partial charge in [-0.1, -0.05) is 19.1 Å². The van der Waals surface area contributed by atoms with Crippen LogP contribution in [0.1, 0.15) is 28.4 Å². The molecule has 66 valence electrons. The van der Waals surface area contributed by atoms with Crippen molar-refractivity contribution in [1.29, 1.82) is 5.26 Å². The van der Waals surface area contributed by atoms with Gasteiger partial charge >= 0.3 is 5.97 Å². The number of aryl methyl sites for hydroxylation is 1. The molecule has 0 spiro atoms. The first-order valence-corrected chi connectivity index (χ1v) is 3.96. The predicted molar refractivity (Wildman–Crippen MR) is 47.5 cm³/mol. The lowest BCUT2D eigenvalue weighted by molar-refractivity contribution is 0.0696. The minimum atomic E-state index is -1.05. The zero-order valence-corrected chi connectivity index (χ0v) is 7.24. The van der Waals surface area contributed by atoms with E-state index in [4.69, 9.17) is 10.4 Å². The molecule has 0 aliphatic rings. The lowest BCUT2D eigenvalue weighted by atomic mass is 10.0. The van der Waals surface area contributed by atoms with E-state index in [2.05, 4.69) is 0 Å². The summed E-state index contributed by atoms with van der Waals surface area (Å²) in [5.74, 6) is -1.05. The Hall–Kier alpha value is -1.82. The number of nitriles is 1. The molecule has 0 fully saturated rings. The smallest absolute Gasteiger partial charge is 0.337 e. The summed E-state index contributed by atoms with van der Waals surface area (Å²) in [5, 5.41) is 17.5. The molecule has 3 nitrogen and oxygen atoms in total. The first kappa shape index (κ1) is 9.27. The second-order valence-corrected chi connectivity index (χ2v) is 2.61. The summed E-state index contributed by atoms with van der Waals surface area (Å²) in [6.07, 6.45) is 0.671. The summed E-state index contributed by atoms with van der Waals surface area (Å²) in [5.41, 5.74) is 1.14. The molecule has 0 aliphatic heterocycles. The Morgan fingerprint density at radius 2 is 2.31 bits per heavy atom. The van der Waals surface area contributed by atoms with Gasteiger partial charge in [-0.3, -0.25) is 0 Å². The molecule has 1 aromatic carbocycles. The van der Waals surface area contributed by atoms with E-state index in [1.54, 1.807) is 12.1 Å². The van der Waals surface area contributed by atoms with Crippen LogP contribution < -0.4 is 0 Å². The SMILES string of the molecule is CCc1cccc(C(=O)O)c1C#N. The predicted octanol–water partition coefficient (Wildman–Crippen LogP) is 1.82. The standard InChI is InChI=1S/C10H9NO2/c1-2-7-4-3-5-8(10(12)13)9(7)6-11/h3-5H,2H2,1H3,(H,12,13). The van der Waals surface area contributed by atoms with Crippen molar-refractivity contribution >= 4 is 5.97 Å². The highest BCUT2D eigenvalue weighted by Crippen LogP contribution is 2.14. The summed E-state index contributed by atoms with van der Waals surface area (Å²) in [7, 11) is 0. The molecule has 0 radical (unpaired) electrons. The molecule has 1 aromatic rings. The van der Waals surface area contributed by atoms with E-state index in [1.165, 1.54) is 6.07 Å². The highest BCUT2D eigenvalue weighted by atomic mass is 16.4. The van der Waals surface area contributed by atoms with E-state index in [0.717, 1.165) is 5.56 Å². The number of carbonyl (C=O) groups is 1. The molecule has 0 heterocycles. The van der Waals surface area contributed by atoms with Crippen LogP contribution in [-0.2, 0) is 6.42 Å². The Morgan fingerprint density at radius 3 is 2.77 bits per heavy atom. The third-order valence-corrected chi connectivity index (χ3v) is 1.87. The number of carboxylic acids is 1. The van der Waals surface area contributed by atoms with E-state index >= 15 is 0 Å². The number of carboxylic acid groups (broad SMARTS) is 1. The lowest BCUT2D eigenvalue weighted by Crippen LogP contribution is -2.02. The zero-order chi connectivity index (χ0) is 9.84. The second kappa shape index (κ2) is 3.72. The summed E-state index contributed by atoms with van der Waals surface area (Å²) < 4.78 is 0. The van der Waals surface area contributed by atoms with Crippen molar-refractivity contribution < 1.29 is 9.90 Å². The largest absolute Gasteiger partial charge is 0.478 e. The Labute approximate surface area is 76.2 Å². The molecule has 3 heteroatoms. The first-order valence-electron chi connectivity index (χ1n) is 3.96. The molecular weight excluding hydrogens is 166 g/mol. The Bertz CT molecular complexity index is 377. The number of rotatable bonds is 2. The number of nitrogens with zero attached hydrogens (tertiary/aromatic N) is 1. The van der Waals surface area contributed by atoms with Crippen molar-refractivity contribution in [3.05, 3.63) is 34.9 Å². The van der Waals surface area contributed by atoms with Crippen LogP contribution in [0.5, 0.6) is 0 Å². The molecule has 0 atom stereocenters. The molecule has 0 amide bonds. The van der Waals surface area contributed by atoms with Gasteiger partial charge in [0.1, 0.15) is 6.07 Å². The lowest BCUT2D eigenvalue weighted by Gasteiger charge is -2.02. The van der Waals surface area contributed by atoms with Crippen molar-refractivity contribution in [3.63, 3.8) is 0 Å². The minimum absolute atomic E-state index is 0.0850. The van der Waals surface area contributed by atoms with Gasteiger partial charge in [0.25, 0.3) is 0 Å². The Balaban J connectivity index is 3.38. The molecule has 0 unspecified atom stereocenters. The molecule has 0 aliphatic carbocycles. The third kappa shape index (κ3) is 1.67. The Kier molecular flexibility index (Phi) is 2.65. The third-order valence-electron chi connectivity index (χ3n) is 1.87. The van der Waals surface area contributed by atoms with Crippen LogP contribution in [0.4, 0.5) is 0 Å². The topological polar surface area (TPSA) is 61.1 Å². The molecule has 13 heavy (non-hydrogen) atoms. The average molecular weight is 175 g/mol. The van der Waals surface area contributed by atoms with Crippen LogP contribution in [0.25, 0.3) is 0 Å². The van der Waals surface area contributed by atoms with Crippen molar-refractivity contribution in [1.82, 2.24) is 0 Å². The van der Waals surface area contributed by atoms with Gasteiger partial charge in [0.05, 0.1) is 11.1 Å². The van der Waals surface area contributed by atoms with Gasteiger partial charge in [-0.2, -0.15) is 5.26 Å². The van der Waals surface area contributed by atoms with Crippen LogP contribution in [0.15, 0.2) is 18.2 Å². The zero-order valence-electron chi connectivity index (χ0n) is 7.24. The maximum Gasteiger partial charge on any atom is 0.337 e. The normalized spacial score (nSPS) is 9.23. The fourth-order valence-corrected chi connectivity index (χ4v) is 1.21. The average Bonchev–Trinajstić information content (AvgIpc) is 2.16. The fraction of sp³-hybridized carbons (Fsp3) is 0.200. The van der Waals surface area contributed by atoms with Crippen molar-refractivity contribution in [2.75, 3.05) is 0 Å². The molecule has 1 N–H and O–H groups in total. The number of aromatic carboxylic acids is 1. The maximum atomic E-state index is 10.7. The summed E-state index contributed by atoms with van der Waals surface area (Å²) in [6.45, 7) is 1.89.